The minimum absolute atomic E-state index is 0.373. The number of hydrogen-bond donors (Lipinski definition) is 1. The van der Waals surface area contributed by atoms with Crippen LogP contribution in [-0.4, -0.2) is 16.1 Å². The van der Waals surface area contributed by atoms with E-state index in [0.29, 0.717) is 22.9 Å². The zero-order valence-electron chi connectivity index (χ0n) is 9.32. The summed E-state index contributed by atoms with van der Waals surface area (Å²) in [6, 6.07) is 3.84. The average Bonchev–Trinajstić information content (AvgIpc) is 2.58. The maximum atomic E-state index is 13.2. The Kier molecular flexibility index (Phi) is 2.67. The van der Waals surface area contributed by atoms with Crippen LogP contribution in [0.3, 0.4) is 0 Å². The molecule has 0 saturated carbocycles. The first-order valence-corrected chi connectivity index (χ1v) is 4.96. The van der Waals surface area contributed by atoms with E-state index in [1.807, 2.05) is 0 Å². The Balaban J connectivity index is 2.57. The molecule has 1 heterocycles. The number of oxazole rings is 1. The van der Waals surface area contributed by atoms with Gasteiger partial charge in [0.1, 0.15) is 17.3 Å². The monoisotopic (exact) mass is 235 g/mol. The van der Waals surface area contributed by atoms with E-state index in [4.69, 9.17) is 9.52 Å². The van der Waals surface area contributed by atoms with Crippen LogP contribution in [0.15, 0.2) is 22.6 Å². The van der Waals surface area contributed by atoms with E-state index in [-0.39, 0.29) is 5.56 Å². The summed E-state index contributed by atoms with van der Waals surface area (Å²) in [5.41, 5.74) is 0.686. The average molecular weight is 235 g/mol. The van der Waals surface area contributed by atoms with Crippen LogP contribution >= 0.6 is 0 Å². The number of nitrogens with zero attached hydrogens (tertiary/aromatic N) is 1. The largest absolute Gasteiger partial charge is 0.478 e. The van der Waals surface area contributed by atoms with Gasteiger partial charge in [-0.1, -0.05) is 0 Å². The van der Waals surface area contributed by atoms with Crippen LogP contribution in [-0.2, 0) is 0 Å². The van der Waals surface area contributed by atoms with Gasteiger partial charge in [-0.15, -0.1) is 0 Å². The fourth-order valence-electron chi connectivity index (χ4n) is 1.63. The minimum Gasteiger partial charge on any atom is -0.478 e. The van der Waals surface area contributed by atoms with Crippen molar-refractivity contribution in [3.8, 4) is 11.3 Å². The van der Waals surface area contributed by atoms with E-state index in [0.717, 1.165) is 6.07 Å². The molecule has 1 aromatic heterocycles. The molecule has 2 rings (SSSR count). The molecule has 0 saturated heterocycles. The van der Waals surface area contributed by atoms with Crippen molar-refractivity contribution >= 4 is 5.97 Å². The van der Waals surface area contributed by atoms with E-state index in [1.165, 1.54) is 12.1 Å². The van der Waals surface area contributed by atoms with Gasteiger partial charge in [0.25, 0.3) is 0 Å². The standard InChI is InChI=1S/C12H10FNO3/c1-6-11(14-7(2)17-6)8-3-4-10(13)9(5-8)12(15)16/h3-5H,1-2H3,(H,15,16). The first-order chi connectivity index (χ1) is 7.99. The Hall–Kier alpha value is -2.17. The number of benzene rings is 1. The lowest BCUT2D eigenvalue weighted by atomic mass is 10.1. The highest BCUT2D eigenvalue weighted by Gasteiger charge is 2.15. The number of aryl methyl sites for hydroxylation is 2. The van der Waals surface area contributed by atoms with E-state index < -0.39 is 11.8 Å². The Morgan fingerprint density at radius 3 is 2.65 bits per heavy atom. The van der Waals surface area contributed by atoms with Crippen molar-refractivity contribution in [1.82, 2.24) is 4.98 Å². The van der Waals surface area contributed by atoms with Crippen LogP contribution in [0.1, 0.15) is 22.0 Å². The molecule has 0 radical (unpaired) electrons. The molecule has 0 unspecified atom stereocenters. The van der Waals surface area contributed by atoms with Gasteiger partial charge in [0.15, 0.2) is 5.89 Å². The second-order valence-corrected chi connectivity index (χ2v) is 3.64. The summed E-state index contributed by atoms with van der Waals surface area (Å²) in [7, 11) is 0. The van der Waals surface area contributed by atoms with Crippen LogP contribution in [0.5, 0.6) is 0 Å². The molecule has 4 nitrogen and oxygen atoms in total. The number of carboxylic acids is 1. The van der Waals surface area contributed by atoms with Crippen molar-refractivity contribution in [2.75, 3.05) is 0 Å². The number of halogens is 1. The zero-order chi connectivity index (χ0) is 12.6. The van der Waals surface area contributed by atoms with E-state index in [1.54, 1.807) is 13.8 Å². The van der Waals surface area contributed by atoms with Gasteiger partial charge in [-0.05, 0) is 25.1 Å². The van der Waals surface area contributed by atoms with Crippen LogP contribution < -0.4 is 0 Å². The molecular weight excluding hydrogens is 225 g/mol. The normalized spacial score (nSPS) is 10.5. The fourth-order valence-corrected chi connectivity index (χ4v) is 1.63. The molecule has 0 spiro atoms. The van der Waals surface area contributed by atoms with Gasteiger partial charge in [0.05, 0.1) is 5.56 Å². The molecule has 0 amide bonds. The first-order valence-electron chi connectivity index (χ1n) is 4.96. The highest BCUT2D eigenvalue weighted by molar-refractivity contribution is 5.89. The van der Waals surface area contributed by atoms with E-state index >= 15 is 0 Å². The maximum absolute atomic E-state index is 13.2. The lowest BCUT2D eigenvalue weighted by Gasteiger charge is -2.01. The lowest BCUT2D eigenvalue weighted by molar-refractivity contribution is 0.0692. The molecule has 0 bridgehead atoms. The van der Waals surface area contributed by atoms with Crippen LogP contribution in [0, 0.1) is 19.7 Å². The number of carbonyl (C=O) groups is 1. The second-order valence-electron chi connectivity index (χ2n) is 3.64. The van der Waals surface area contributed by atoms with E-state index in [9.17, 15) is 9.18 Å². The number of rotatable bonds is 2. The Morgan fingerprint density at radius 1 is 1.41 bits per heavy atom. The summed E-state index contributed by atoms with van der Waals surface area (Å²) in [5, 5.41) is 8.83. The van der Waals surface area contributed by atoms with Gasteiger partial charge in [-0.25, -0.2) is 14.2 Å². The number of aromatic carboxylic acids is 1. The third-order valence-electron chi connectivity index (χ3n) is 2.37. The third-order valence-corrected chi connectivity index (χ3v) is 2.37. The Labute approximate surface area is 96.7 Å². The molecule has 1 N–H and O–H groups in total. The van der Waals surface area contributed by atoms with Crippen molar-refractivity contribution in [1.29, 1.82) is 0 Å². The molecule has 0 fully saturated rings. The summed E-state index contributed by atoms with van der Waals surface area (Å²) in [4.78, 5) is 14.9. The summed E-state index contributed by atoms with van der Waals surface area (Å²) >= 11 is 0. The minimum atomic E-state index is -1.30. The van der Waals surface area contributed by atoms with Crippen molar-refractivity contribution in [3.63, 3.8) is 0 Å². The molecule has 5 heteroatoms. The second kappa shape index (κ2) is 4.01. The molecule has 0 aliphatic rings. The van der Waals surface area contributed by atoms with E-state index in [2.05, 4.69) is 4.98 Å². The summed E-state index contributed by atoms with van der Waals surface area (Å²) < 4.78 is 18.5. The van der Waals surface area contributed by atoms with Crippen molar-refractivity contribution in [2.24, 2.45) is 0 Å². The van der Waals surface area contributed by atoms with Gasteiger partial charge >= 0.3 is 5.97 Å². The SMILES string of the molecule is Cc1nc(-c2ccc(F)c(C(=O)O)c2)c(C)o1. The predicted octanol–water partition coefficient (Wildman–Crippen LogP) is 2.80. The molecule has 17 heavy (non-hydrogen) atoms. The summed E-state index contributed by atoms with van der Waals surface area (Å²) in [6.07, 6.45) is 0. The van der Waals surface area contributed by atoms with Gasteiger partial charge < -0.3 is 9.52 Å². The summed E-state index contributed by atoms with van der Waals surface area (Å²) in [6.45, 7) is 3.41. The van der Waals surface area contributed by atoms with Crippen molar-refractivity contribution in [3.05, 3.63) is 41.2 Å². The Morgan fingerprint density at radius 2 is 2.12 bits per heavy atom. The molecule has 0 atom stereocenters. The van der Waals surface area contributed by atoms with Gasteiger partial charge in [0.2, 0.25) is 0 Å². The first kappa shape index (κ1) is 11.3. The van der Waals surface area contributed by atoms with Crippen molar-refractivity contribution < 1.29 is 18.7 Å². The smallest absolute Gasteiger partial charge is 0.338 e. The Bertz CT molecular complexity index is 589. The molecule has 2 aromatic rings. The maximum Gasteiger partial charge on any atom is 0.338 e. The molecule has 0 aliphatic heterocycles. The van der Waals surface area contributed by atoms with Gasteiger partial charge in [0, 0.05) is 12.5 Å². The van der Waals surface area contributed by atoms with Crippen LogP contribution in [0.4, 0.5) is 4.39 Å². The van der Waals surface area contributed by atoms with Gasteiger partial charge in [-0.2, -0.15) is 0 Å². The fraction of sp³-hybridized carbons (Fsp3) is 0.167. The molecular formula is C12H10FNO3. The predicted molar refractivity (Wildman–Crippen MR) is 58.3 cm³/mol. The number of carboxylic acid groups (broad SMARTS) is 1. The molecule has 0 aliphatic carbocycles. The van der Waals surface area contributed by atoms with Gasteiger partial charge in [-0.3, -0.25) is 0 Å². The quantitative estimate of drug-likeness (QED) is 0.869. The number of aromatic nitrogens is 1. The zero-order valence-corrected chi connectivity index (χ0v) is 9.32. The number of hydrogen-bond acceptors (Lipinski definition) is 3. The molecule has 1 aromatic carbocycles. The molecule has 88 valence electrons. The summed E-state index contributed by atoms with van der Waals surface area (Å²) in [5.74, 6) is -1.01. The van der Waals surface area contributed by atoms with Crippen LogP contribution in [0.25, 0.3) is 11.3 Å². The third kappa shape index (κ3) is 2.04. The topological polar surface area (TPSA) is 63.3 Å². The highest BCUT2D eigenvalue weighted by atomic mass is 19.1. The van der Waals surface area contributed by atoms with Crippen molar-refractivity contribution in [2.45, 2.75) is 13.8 Å². The van der Waals surface area contributed by atoms with Crippen LogP contribution in [0.2, 0.25) is 0 Å². The highest BCUT2D eigenvalue weighted by Crippen LogP contribution is 2.25. The lowest BCUT2D eigenvalue weighted by Crippen LogP contribution is -2.00.